The quantitative estimate of drug-likeness (QED) is 0.828. The Morgan fingerprint density at radius 2 is 2.00 bits per heavy atom. The summed E-state index contributed by atoms with van der Waals surface area (Å²) in [5.41, 5.74) is 1.34. The van der Waals surface area contributed by atoms with Crippen LogP contribution in [0.3, 0.4) is 0 Å². The van der Waals surface area contributed by atoms with E-state index in [0.29, 0.717) is 16.5 Å². The SMILES string of the molecule is Cc1ccc(C(=O)NC2(CCl)CCCCC2)cc1Cl. The van der Waals surface area contributed by atoms with E-state index in [1.807, 2.05) is 13.0 Å². The summed E-state index contributed by atoms with van der Waals surface area (Å²) in [5.74, 6) is 0.391. The van der Waals surface area contributed by atoms with Gasteiger partial charge in [-0.3, -0.25) is 4.79 Å². The van der Waals surface area contributed by atoms with E-state index in [1.54, 1.807) is 12.1 Å². The van der Waals surface area contributed by atoms with Crippen molar-refractivity contribution in [3.63, 3.8) is 0 Å². The van der Waals surface area contributed by atoms with E-state index in [9.17, 15) is 4.79 Å². The van der Waals surface area contributed by atoms with Crippen molar-refractivity contribution in [3.05, 3.63) is 34.3 Å². The first-order valence-electron chi connectivity index (χ1n) is 6.71. The van der Waals surface area contributed by atoms with Crippen molar-refractivity contribution in [2.45, 2.75) is 44.6 Å². The van der Waals surface area contributed by atoms with Crippen LogP contribution in [0, 0.1) is 6.92 Å². The van der Waals surface area contributed by atoms with E-state index in [1.165, 1.54) is 6.42 Å². The third kappa shape index (κ3) is 3.43. The molecule has 104 valence electrons. The summed E-state index contributed by atoms with van der Waals surface area (Å²) >= 11 is 12.1. The molecule has 2 nitrogen and oxygen atoms in total. The second-order valence-corrected chi connectivity index (χ2v) is 6.07. The van der Waals surface area contributed by atoms with Gasteiger partial charge in [0.2, 0.25) is 0 Å². The topological polar surface area (TPSA) is 29.1 Å². The molecule has 19 heavy (non-hydrogen) atoms. The van der Waals surface area contributed by atoms with Crippen LogP contribution in [0.15, 0.2) is 18.2 Å². The lowest BCUT2D eigenvalue weighted by molar-refractivity contribution is 0.0885. The molecule has 0 saturated heterocycles. The van der Waals surface area contributed by atoms with E-state index >= 15 is 0 Å². The molecule has 0 atom stereocenters. The van der Waals surface area contributed by atoms with Crippen LogP contribution in [0.5, 0.6) is 0 Å². The first kappa shape index (κ1) is 14.7. The van der Waals surface area contributed by atoms with Gasteiger partial charge in [0.05, 0.1) is 5.54 Å². The molecule has 0 aliphatic heterocycles. The third-order valence-electron chi connectivity index (χ3n) is 3.88. The van der Waals surface area contributed by atoms with E-state index < -0.39 is 0 Å². The van der Waals surface area contributed by atoms with Crippen LogP contribution in [0.4, 0.5) is 0 Å². The van der Waals surface area contributed by atoms with Crippen LogP contribution in [0.1, 0.15) is 48.0 Å². The van der Waals surface area contributed by atoms with Crippen LogP contribution in [0.25, 0.3) is 0 Å². The second kappa shape index (κ2) is 6.15. The smallest absolute Gasteiger partial charge is 0.251 e. The van der Waals surface area contributed by atoms with Gasteiger partial charge in [0.25, 0.3) is 5.91 Å². The van der Waals surface area contributed by atoms with Crippen molar-refractivity contribution >= 4 is 29.1 Å². The highest BCUT2D eigenvalue weighted by atomic mass is 35.5. The highest BCUT2D eigenvalue weighted by Crippen LogP contribution is 2.29. The maximum absolute atomic E-state index is 12.3. The van der Waals surface area contributed by atoms with Gasteiger partial charge < -0.3 is 5.32 Å². The average Bonchev–Trinajstić information content (AvgIpc) is 2.43. The molecule has 0 heterocycles. The minimum Gasteiger partial charge on any atom is -0.345 e. The largest absolute Gasteiger partial charge is 0.345 e. The number of halogens is 2. The molecular formula is C15H19Cl2NO. The maximum Gasteiger partial charge on any atom is 0.251 e. The lowest BCUT2D eigenvalue weighted by Crippen LogP contribution is -2.51. The number of alkyl halides is 1. The van der Waals surface area contributed by atoms with Gasteiger partial charge in [-0.2, -0.15) is 0 Å². The summed E-state index contributed by atoms with van der Waals surface area (Å²) in [6.07, 6.45) is 5.40. The summed E-state index contributed by atoms with van der Waals surface area (Å²) in [6, 6.07) is 5.39. The Hall–Kier alpha value is -0.730. The number of amides is 1. The van der Waals surface area contributed by atoms with Gasteiger partial charge in [0.15, 0.2) is 0 Å². The van der Waals surface area contributed by atoms with Crippen molar-refractivity contribution in [2.75, 3.05) is 5.88 Å². The van der Waals surface area contributed by atoms with E-state index in [0.717, 1.165) is 31.2 Å². The number of aryl methyl sites for hydroxylation is 1. The Kier molecular flexibility index (Phi) is 4.75. The number of carbonyl (C=O) groups excluding carboxylic acids is 1. The first-order valence-corrected chi connectivity index (χ1v) is 7.62. The van der Waals surface area contributed by atoms with Crippen molar-refractivity contribution < 1.29 is 4.79 Å². The number of carbonyl (C=O) groups is 1. The molecular weight excluding hydrogens is 281 g/mol. The lowest BCUT2D eigenvalue weighted by Gasteiger charge is -2.36. The van der Waals surface area contributed by atoms with E-state index in [4.69, 9.17) is 23.2 Å². The minimum atomic E-state index is -0.242. The zero-order valence-corrected chi connectivity index (χ0v) is 12.7. The van der Waals surface area contributed by atoms with Gasteiger partial charge in [-0.25, -0.2) is 0 Å². The number of nitrogens with one attached hydrogen (secondary N) is 1. The summed E-state index contributed by atoms with van der Waals surface area (Å²) in [4.78, 5) is 12.3. The minimum absolute atomic E-state index is 0.0792. The lowest BCUT2D eigenvalue weighted by atomic mass is 9.83. The van der Waals surface area contributed by atoms with Gasteiger partial charge in [-0.1, -0.05) is 36.9 Å². The maximum atomic E-state index is 12.3. The molecule has 1 amide bonds. The van der Waals surface area contributed by atoms with Gasteiger partial charge >= 0.3 is 0 Å². The van der Waals surface area contributed by atoms with Gasteiger partial charge in [0.1, 0.15) is 0 Å². The normalized spacial score (nSPS) is 18.1. The fourth-order valence-electron chi connectivity index (χ4n) is 2.57. The summed E-state index contributed by atoms with van der Waals surface area (Å²) < 4.78 is 0. The Morgan fingerprint density at radius 1 is 1.32 bits per heavy atom. The zero-order valence-electron chi connectivity index (χ0n) is 11.1. The summed E-state index contributed by atoms with van der Waals surface area (Å²) in [7, 11) is 0. The Labute approximate surface area is 124 Å². The van der Waals surface area contributed by atoms with Crippen molar-refractivity contribution in [1.82, 2.24) is 5.32 Å². The Balaban J connectivity index is 2.12. The standard InChI is InChI=1S/C15H19Cl2NO/c1-11-5-6-12(9-13(11)17)14(19)18-15(10-16)7-3-2-4-8-15/h5-6,9H,2-4,7-8,10H2,1H3,(H,18,19). The predicted octanol–water partition coefficient (Wildman–Crippen LogP) is 4.32. The molecule has 2 rings (SSSR count). The second-order valence-electron chi connectivity index (χ2n) is 5.39. The fraction of sp³-hybridized carbons (Fsp3) is 0.533. The molecule has 1 aromatic carbocycles. The molecule has 4 heteroatoms. The van der Waals surface area contributed by atoms with Crippen LogP contribution in [-0.4, -0.2) is 17.3 Å². The molecule has 0 bridgehead atoms. The molecule has 1 saturated carbocycles. The van der Waals surface area contributed by atoms with E-state index in [2.05, 4.69) is 5.32 Å². The van der Waals surface area contributed by atoms with Crippen LogP contribution in [0.2, 0.25) is 5.02 Å². The van der Waals surface area contributed by atoms with Crippen molar-refractivity contribution in [1.29, 1.82) is 0 Å². The monoisotopic (exact) mass is 299 g/mol. The molecule has 0 spiro atoms. The number of hydrogen-bond donors (Lipinski definition) is 1. The van der Waals surface area contributed by atoms with Crippen LogP contribution < -0.4 is 5.32 Å². The fourth-order valence-corrected chi connectivity index (χ4v) is 3.08. The van der Waals surface area contributed by atoms with Crippen LogP contribution >= 0.6 is 23.2 Å². The third-order valence-corrected chi connectivity index (χ3v) is 4.80. The van der Waals surface area contributed by atoms with Crippen LogP contribution in [-0.2, 0) is 0 Å². The number of benzene rings is 1. The molecule has 1 N–H and O–H groups in total. The van der Waals surface area contributed by atoms with Gasteiger partial charge in [-0.15, -0.1) is 11.6 Å². The molecule has 0 aromatic heterocycles. The molecule has 1 aromatic rings. The highest BCUT2D eigenvalue weighted by Gasteiger charge is 2.32. The Morgan fingerprint density at radius 3 is 2.58 bits per heavy atom. The molecule has 1 fully saturated rings. The molecule has 0 unspecified atom stereocenters. The summed E-state index contributed by atoms with van der Waals surface area (Å²) in [5, 5.41) is 3.74. The average molecular weight is 300 g/mol. The zero-order chi connectivity index (χ0) is 13.9. The Bertz CT molecular complexity index is 467. The summed E-state index contributed by atoms with van der Waals surface area (Å²) in [6.45, 7) is 1.92. The van der Waals surface area contributed by atoms with Gasteiger partial charge in [-0.05, 0) is 37.5 Å². The number of rotatable bonds is 3. The molecule has 1 aliphatic carbocycles. The molecule has 0 radical (unpaired) electrons. The number of hydrogen-bond acceptors (Lipinski definition) is 1. The van der Waals surface area contributed by atoms with Crippen molar-refractivity contribution in [3.8, 4) is 0 Å². The van der Waals surface area contributed by atoms with Crippen molar-refractivity contribution in [2.24, 2.45) is 0 Å². The predicted molar refractivity (Wildman–Crippen MR) is 80.2 cm³/mol. The van der Waals surface area contributed by atoms with E-state index in [-0.39, 0.29) is 11.4 Å². The van der Waals surface area contributed by atoms with Gasteiger partial charge in [0, 0.05) is 16.5 Å². The first-order chi connectivity index (χ1) is 9.06. The molecule has 1 aliphatic rings. The highest BCUT2D eigenvalue weighted by molar-refractivity contribution is 6.31.